The van der Waals surface area contributed by atoms with E-state index in [-0.39, 0.29) is 11.8 Å². The lowest BCUT2D eigenvalue weighted by molar-refractivity contribution is -0.129. The second-order valence-electron chi connectivity index (χ2n) is 5.12. The Morgan fingerprint density at radius 3 is 2.41 bits per heavy atom. The van der Waals surface area contributed by atoms with Crippen molar-refractivity contribution in [2.24, 2.45) is 17.1 Å². The van der Waals surface area contributed by atoms with Gasteiger partial charge in [-0.25, -0.2) is 0 Å². The second-order valence-corrected chi connectivity index (χ2v) is 5.12. The topological polar surface area (TPSA) is 84.2 Å². The molecule has 0 fully saturated rings. The number of carbonyl (C=O) groups excluding carboxylic acids is 2. The molecule has 0 aromatic carbocycles. The van der Waals surface area contributed by atoms with Gasteiger partial charge in [-0.1, -0.05) is 6.92 Å². The zero-order chi connectivity index (χ0) is 13.5. The Hall–Kier alpha value is -1.10. The normalized spacial score (nSPS) is 13.0. The molecule has 0 radical (unpaired) electrons. The number of nitrogens with two attached hydrogens (primary N) is 1. The third kappa shape index (κ3) is 6.26. The summed E-state index contributed by atoms with van der Waals surface area (Å²) in [6.45, 7) is 6.56. The lowest BCUT2D eigenvalue weighted by Crippen LogP contribution is -2.43. The molecule has 1 unspecified atom stereocenters. The van der Waals surface area contributed by atoms with Crippen LogP contribution in [0.2, 0.25) is 0 Å². The Labute approximate surface area is 104 Å². The van der Waals surface area contributed by atoms with Crippen molar-refractivity contribution in [3.8, 4) is 0 Å². The summed E-state index contributed by atoms with van der Waals surface area (Å²) in [5.74, 6) is 0.253. The molecule has 0 aromatic heterocycles. The lowest BCUT2D eigenvalue weighted by atomic mass is 9.92. The van der Waals surface area contributed by atoms with E-state index in [0.717, 1.165) is 6.42 Å². The van der Waals surface area contributed by atoms with Gasteiger partial charge in [0.1, 0.15) is 0 Å². The van der Waals surface area contributed by atoms with Crippen molar-refractivity contribution in [2.75, 3.05) is 20.1 Å². The molecule has 17 heavy (non-hydrogen) atoms. The summed E-state index contributed by atoms with van der Waals surface area (Å²) in [7, 11) is 1.59. The van der Waals surface area contributed by atoms with Crippen molar-refractivity contribution in [3.63, 3.8) is 0 Å². The van der Waals surface area contributed by atoms with Gasteiger partial charge in [0.2, 0.25) is 11.8 Å². The summed E-state index contributed by atoms with van der Waals surface area (Å²) in [5, 5.41) is 5.36. The van der Waals surface area contributed by atoms with Crippen LogP contribution < -0.4 is 16.4 Å². The average Bonchev–Trinajstić information content (AvgIpc) is 2.32. The monoisotopic (exact) mass is 243 g/mol. The van der Waals surface area contributed by atoms with Crippen LogP contribution in [0.25, 0.3) is 0 Å². The van der Waals surface area contributed by atoms with Crippen LogP contribution in [-0.2, 0) is 9.59 Å². The zero-order valence-electron chi connectivity index (χ0n) is 11.3. The third-order valence-electron chi connectivity index (χ3n) is 2.84. The van der Waals surface area contributed by atoms with E-state index in [9.17, 15) is 9.59 Å². The maximum atomic E-state index is 11.5. The van der Waals surface area contributed by atoms with Gasteiger partial charge in [0.25, 0.3) is 0 Å². The highest BCUT2D eigenvalue weighted by atomic mass is 16.2. The Balaban J connectivity index is 3.95. The summed E-state index contributed by atoms with van der Waals surface area (Å²) >= 11 is 0. The fourth-order valence-electron chi connectivity index (χ4n) is 1.32. The van der Waals surface area contributed by atoms with Crippen LogP contribution in [-0.4, -0.2) is 32.0 Å². The second kappa shape index (κ2) is 7.27. The number of hydrogen-bond acceptors (Lipinski definition) is 3. The quantitative estimate of drug-likeness (QED) is 0.599. The molecule has 1 atom stereocenters. The minimum atomic E-state index is -0.579. The van der Waals surface area contributed by atoms with Crippen LogP contribution in [0.5, 0.6) is 0 Å². The smallest absolute Gasteiger partial charge is 0.227 e. The van der Waals surface area contributed by atoms with E-state index in [1.807, 2.05) is 6.92 Å². The van der Waals surface area contributed by atoms with Gasteiger partial charge in [-0.3, -0.25) is 9.59 Å². The summed E-state index contributed by atoms with van der Waals surface area (Å²) in [5.41, 5.74) is 4.90. The van der Waals surface area contributed by atoms with E-state index < -0.39 is 5.41 Å². The molecule has 5 heteroatoms. The van der Waals surface area contributed by atoms with Crippen LogP contribution in [0, 0.1) is 11.3 Å². The molecule has 0 rings (SSSR count). The highest BCUT2D eigenvalue weighted by Gasteiger charge is 2.26. The first-order chi connectivity index (χ1) is 7.83. The lowest BCUT2D eigenvalue weighted by Gasteiger charge is -2.22. The van der Waals surface area contributed by atoms with Gasteiger partial charge in [0.15, 0.2) is 0 Å². The Bertz CT molecular complexity index is 264. The molecule has 0 aliphatic rings. The zero-order valence-corrected chi connectivity index (χ0v) is 11.3. The van der Waals surface area contributed by atoms with E-state index in [1.54, 1.807) is 20.9 Å². The molecular formula is C12H25N3O2. The van der Waals surface area contributed by atoms with Gasteiger partial charge in [0, 0.05) is 20.0 Å². The molecule has 2 amide bonds. The van der Waals surface area contributed by atoms with Gasteiger partial charge in [-0.15, -0.1) is 0 Å². The van der Waals surface area contributed by atoms with E-state index in [1.165, 1.54) is 0 Å². The summed E-state index contributed by atoms with van der Waals surface area (Å²) in [6.07, 6.45) is 1.24. The Morgan fingerprint density at radius 2 is 1.94 bits per heavy atom. The van der Waals surface area contributed by atoms with Crippen LogP contribution in [0.1, 0.15) is 33.6 Å². The SMILES string of the molecule is CNC(=O)C(C)(C)CNC(=O)CCC(C)CN. The average molecular weight is 243 g/mol. The minimum Gasteiger partial charge on any atom is -0.359 e. The number of amides is 2. The fourth-order valence-corrected chi connectivity index (χ4v) is 1.32. The first kappa shape index (κ1) is 15.9. The third-order valence-corrected chi connectivity index (χ3v) is 2.84. The molecule has 0 bridgehead atoms. The van der Waals surface area contributed by atoms with Crippen molar-refractivity contribution in [2.45, 2.75) is 33.6 Å². The molecule has 0 spiro atoms. The maximum absolute atomic E-state index is 11.5. The highest BCUT2D eigenvalue weighted by molar-refractivity contribution is 5.83. The summed E-state index contributed by atoms with van der Waals surface area (Å²) in [6, 6.07) is 0. The molecule has 0 heterocycles. The molecule has 0 saturated carbocycles. The molecule has 0 aliphatic carbocycles. The Kier molecular flexibility index (Phi) is 6.80. The number of hydrogen-bond donors (Lipinski definition) is 3. The highest BCUT2D eigenvalue weighted by Crippen LogP contribution is 2.13. The molecule has 0 saturated heterocycles. The number of rotatable bonds is 7. The molecule has 0 aliphatic heterocycles. The van der Waals surface area contributed by atoms with E-state index in [2.05, 4.69) is 10.6 Å². The predicted molar refractivity (Wildman–Crippen MR) is 68.3 cm³/mol. The first-order valence-electron chi connectivity index (χ1n) is 6.02. The molecule has 0 aromatic rings. The van der Waals surface area contributed by atoms with Crippen LogP contribution >= 0.6 is 0 Å². The van der Waals surface area contributed by atoms with Crippen molar-refractivity contribution in [3.05, 3.63) is 0 Å². The molecule has 4 N–H and O–H groups in total. The van der Waals surface area contributed by atoms with Crippen molar-refractivity contribution in [1.29, 1.82) is 0 Å². The van der Waals surface area contributed by atoms with E-state index >= 15 is 0 Å². The molecule has 5 nitrogen and oxygen atoms in total. The molecule has 100 valence electrons. The van der Waals surface area contributed by atoms with Gasteiger partial charge >= 0.3 is 0 Å². The van der Waals surface area contributed by atoms with Gasteiger partial charge in [-0.05, 0) is 32.7 Å². The van der Waals surface area contributed by atoms with Crippen molar-refractivity contribution in [1.82, 2.24) is 10.6 Å². The largest absolute Gasteiger partial charge is 0.359 e. The minimum absolute atomic E-state index is 0.0257. The van der Waals surface area contributed by atoms with Crippen molar-refractivity contribution >= 4 is 11.8 Å². The van der Waals surface area contributed by atoms with Crippen LogP contribution in [0.15, 0.2) is 0 Å². The number of nitrogens with one attached hydrogen (secondary N) is 2. The molecular weight excluding hydrogens is 218 g/mol. The number of carbonyl (C=O) groups is 2. The van der Waals surface area contributed by atoms with Crippen molar-refractivity contribution < 1.29 is 9.59 Å². The Morgan fingerprint density at radius 1 is 1.35 bits per heavy atom. The van der Waals surface area contributed by atoms with Crippen LogP contribution in [0.4, 0.5) is 0 Å². The van der Waals surface area contributed by atoms with Gasteiger partial charge in [-0.2, -0.15) is 0 Å². The maximum Gasteiger partial charge on any atom is 0.227 e. The van der Waals surface area contributed by atoms with Gasteiger partial charge < -0.3 is 16.4 Å². The van der Waals surface area contributed by atoms with E-state index in [0.29, 0.717) is 25.4 Å². The standard InChI is InChI=1S/C12H25N3O2/c1-9(7-13)5-6-10(16)15-8-12(2,3)11(17)14-4/h9H,5-8,13H2,1-4H3,(H,14,17)(H,15,16). The summed E-state index contributed by atoms with van der Waals surface area (Å²) < 4.78 is 0. The first-order valence-corrected chi connectivity index (χ1v) is 6.02. The van der Waals surface area contributed by atoms with Crippen LogP contribution in [0.3, 0.4) is 0 Å². The predicted octanol–water partition coefficient (Wildman–Crippen LogP) is 0.250. The van der Waals surface area contributed by atoms with Gasteiger partial charge in [0.05, 0.1) is 5.41 Å². The summed E-state index contributed by atoms with van der Waals surface area (Å²) in [4.78, 5) is 23.0. The fraction of sp³-hybridized carbons (Fsp3) is 0.833. The van der Waals surface area contributed by atoms with E-state index in [4.69, 9.17) is 5.73 Å².